The minimum Gasteiger partial charge on any atom is -0.349 e. The summed E-state index contributed by atoms with van der Waals surface area (Å²) in [6, 6.07) is 46.7. The average molecular weight is 847 g/mol. The summed E-state index contributed by atoms with van der Waals surface area (Å²) in [6.07, 6.45) is 12.4. The Bertz CT molecular complexity index is 2890. The van der Waals surface area contributed by atoms with E-state index in [0.29, 0.717) is 23.0 Å². The molecule has 2 amide bonds. The van der Waals surface area contributed by atoms with E-state index in [1.807, 2.05) is 24.3 Å². The van der Waals surface area contributed by atoms with Crippen LogP contribution in [-0.4, -0.2) is 23.9 Å². The molecule has 0 aromatic heterocycles. The number of rotatable bonds is 10. The highest BCUT2D eigenvalue weighted by Gasteiger charge is 2.29. The van der Waals surface area contributed by atoms with Crippen LogP contribution in [0.3, 0.4) is 0 Å². The number of hydrogen-bond donors (Lipinski definition) is 2. The molecule has 0 bridgehead atoms. The number of fused-ring (bicyclic) bond motifs is 3. The van der Waals surface area contributed by atoms with Gasteiger partial charge in [0.1, 0.15) is 0 Å². The van der Waals surface area contributed by atoms with E-state index in [9.17, 15) is 9.59 Å². The molecule has 7 heteroatoms. The molecule has 10 rings (SSSR count). The van der Waals surface area contributed by atoms with Crippen LogP contribution in [0, 0.1) is 11.8 Å². The minimum atomic E-state index is -0.00747. The second kappa shape index (κ2) is 17.8. The fourth-order valence-corrected chi connectivity index (χ4v) is 11.2. The van der Waals surface area contributed by atoms with Gasteiger partial charge in [-0.1, -0.05) is 136 Å². The molecule has 2 atom stereocenters. The van der Waals surface area contributed by atoms with Crippen molar-refractivity contribution < 1.29 is 9.59 Å². The van der Waals surface area contributed by atoms with Crippen molar-refractivity contribution in [3.63, 3.8) is 0 Å². The lowest BCUT2D eigenvalue weighted by Crippen LogP contribution is -2.38. The molecule has 1 aliphatic heterocycles. The van der Waals surface area contributed by atoms with Crippen LogP contribution in [0.5, 0.6) is 0 Å². The fraction of sp³-hybridized carbons (Fsp3) is 0.286. The number of nitrogens with zero attached hydrogens (tertiary/aromatic N) is 2. The molecule has 2 aliphatic carbocycles. The molecule has 1 unspecified atom stereocenters. The first-order valence-corrected chi connectivity index (χ1v) is 23.8. The fourth-order valence-electron chi connectivity index (χ4n) is 10.6. The van der Waals surface area contributed by atoms with Gasteiger partial charge >= 0.3 is 22.1 Å². The summed E-state index contributed by atoms with van der Waals surface area (Å²) < 4.78 is 9.93. The largest absolute Gasteiger partial charge is 0.700 e. The Morgan fingerprint density at radius 3 is 1.21 bits per heavy atom. The predicted octanol–water partition coefficient (Wildman–Crippen LogP) is 10.9. The number of carbonyl (C=O) groups is 2. The van der Waals surface area contributed by atoms with Gasteiger partial charge in [0.25, 0.3) is 11.8 Å². The lowest BCUT2D eigenvalue weighted by Gasteiger charge is -2.28. The summed E-state index contributed by atoms with van der Waals surface area (Å²) in [5, 5.41) is 12.9. The van der Waals surface area contributed by atoms with E-state index in [1.54, 1.807) is 0 Å². The maximum absolute atomic E-state index is 13.4. The van der Waals surface area contributed by atoms with Crippen LogP contribution in [-0.2, 0) is 11.4 Å². The Hall–Kier alpha value is -6.36. The van der Waals surface area contributed by atoms with E-state index in [4.69, 9.17) is 8.08 Å². The van der Waals surface area contributed by atoms with Gasteiger partial charge in [-0.05, 0) is 143 Å². The molecule has 3 aliphatic rings. The Balaban J connectivity index is 0.977. The highest BCUT2D eigenvalue weighted by molar-refractivity contribution is 7.55. The van der Waals surface area contributed by atoms with E-state index in [1.165, 1.54) is 75.6 Å². The topological polar surface area (TPSA) is 86.4 Å². The highest BCUT2D eigenvalue weighted by Crippen LogP contribution is 2.38. The van der Waals surface area contributed by atoms with Gasteiger partial charge in [-0.2, -0.15) is 0 Å². The molecule has 7 aromatic rings. The molecule has 63 heavy (non-hydrogen) atoms. The highest BCUT2D eigenvalue weighted by atomic mass is 32.1. The van der Waals surface area contributed by atoms with Crippen molar-refractivity contribution in [2.45, 2.75) is 90.1 Å². The summed E-state index contributed by atoms with van der Waals surface area (Å²) in [7, 11) is 0. The maximum Gasteiger partial charge on any atom is 0.700 e. The Morgan fingerprint density at radius 2 is 0.825 bits per heavy atom. The molecular weight excluding hydrogens is 793 g/mol. The van der Waals surface area contributed by atoms with Gasteiger partial charge in [-0.15, -0.1) is 0 Å². The molecule has 0 spiro atoms. The van der Waals surface area contributed by atoms with Crippen molar-refractivity contribution in [3.8, 4) is 44.5 Å². The number of hydrogen-bond acceptors (Lipinski definition) is 2. The first kappa shape index (κ1) is 40.7. The summed E-state index contributed by atoms with van der Waals surface area (Å²) >= 11 is 1.24. The summed E-state index contributed by atoms with van der Waals surface area (Å²) in [5.74, 6) is 1.09. The minimum absolute atomic E-state index is 0.00747. The molecule has 2 fully saturated rings. The zero-order chi connectivity index (χ0) is 42.9. The number of benzene rings is 7. The quantitative estimate of drug-likeness (QED) is 0.134. The normalized spacial score (nSPS) is 16.1. The van der Waals surface area contributed by atoms with Crippen molar-refractivity contribution in [3.05, 3.63) is 155 Å². The average Bonchev–Trinajstić information content (AvgIpc) is 3.84. The molecule has 2 saturated carbocycles. The Kier molecular flexibility index (Phi) is 11.5. The van der Waals surface area contributed by atoms with Gasteiger partial charge in [0.2, 0.25) is 0 Å². The third-order valence-corrected chi connectivity index (χ3v) is 14.7. The molecule has 314 valence electrons. The van der Waals surface area contributed by atoms with Crippen LogP contribution in [0.15, 0.2) is 133 Å². The van der Waals surface area contributed by atoms with E-state index < -0.39 is 0 Å². The first-order valence-electron chi connectivity index (χ1n) is 23.0. The number of nitrogens with one attached hydrogen (secondary N) is 2. The van der Waals surface area contributed by atoms with Gasteiger partial charge in [-0.25, -0.2) is 0 Å². The van der Waals surface area contributed by atoms with Crippen molar-refractivity contribution in [1.29, 1.82) is 0 Å². The summed E-state index contributed by atoms with van der Waals surface area (Å²) in [5.41, 5.74) is 9.92. The van der Waals surface area contributed by atoms with Crippen LogP contribution in [0.4, 0.5) is 0 Å². The number of carbonyl (C=O) groups excluding carboxylic acids is 2. The zero-order valence-corrected chi connectivity index (χ0v) is 37.0. The van der Waals surface area contributed by atoms with Gasteiger partial charge in [-0.3, -0.25) is 9.59 Å². The third kappa shape index (κ3) is 8.09. The van der Waals surface area contributed by atoms with Crippen LogP contribution in [0.2, 0.25) is 0 Å². The smallest absolute Gasteiger partial charge is 0.349 e. The zero-order valence-electron chi connectivity index (χ0n) is 36.2. The summed E-state index contributed by atoms with van der Waals surface area (Å²) in [6.45, 7) is 4.31. The Morgan fingerprint density at radius 1 is 0.460 bits per heavy atom. The lowest BCUT2D eigenvalue weighted by molar-refractivity contribution is 0.0911. The molecular formula is C56H54N4O2S+2. The van der Waals surface area contributed by atoms with E-state index >= 15 is 0 Å². The first-order chi connectivity index (χ1) is 30.9. The monoisotopic (exact) mass is 846 g/mol. The maximum atomic E-state index is 13.4. The van der Waals surface area contributed by atoms with Crippen LogP contribution in [0.25, 0.3) is 66.1 Å². The van der Waals surface area contributed by atoms with Gasteiger partial charge in [0, 0.05) is 23.2 Å². The van der Waals surface area contributed by atoms with Crippen LogP contribution >= 0.6 is 0 Å². The molecule has 0 saturated heterocycles. The van der Waals surface area contributed by atoms with Crippen LogP contribution in [0.1, 0.15) is 98.8 Å². The van der Waals surface area contributed by atoms with Crippen molar-refractivity contribution in [1.82, 2.24) is 18.7 Å². The second-order valence-corrected chi connectivity index (χ2v) is 18.5. The summed E-state index contributed by atoms with van der Waals surface area (Å²) in [4.78, 5) is 26.7. The van der Waals surface area contributed by atoms with Crippen molar-refractivity contribution >= 4 is 44.7 Å². The van der Waals surface area contributed by atoms with Crippen LogP contribution < -0.4 is 29.4 Å². The third-order valence-electron chi connectivity index (χ3n) is 14.2. The van der Waals surface area contributed by atoms with Crippen molar-refractivity contribution in [2.24, 2.45) is 11.8 Å². The molecule has 6 nitrogen and oxygen atoms in total. The lowest BCUT2D eigenvalue weighted by atomic mass is 9.84. The Labute approximate surface area is 373 Å². The van der Waals surface area contributed by atoms with Crippen molar-refractivity contribution in [2.75, 3.05) is 0 Å². The molecule has 0 radical (unpaired) electrons. The molecule has 2 N–H and O–H groups in total. The standard InChI is InChI=1S/C56H52N4O2S/c1-35(37-13-5-3-6-14-37)57-55(61)43-29-25-39(26-30-43)45-21-9-17-41-19-11-23-47(51(41)45)49-33-34-50(54-53(49)59-63-60-54)48-24-12-20-42-18-10-22-46(52(42)48)40-27-31-44(32-28-40)56(62)58-36(2)38-15-7-4-8-16-38/h9-12,17-38H,3-8,13-16H2,1-2H3/p+2/t35-,36?/m1/s1. The van der Waals surface area contributed by atoms with Gasteiger partial charge in [0.05, 0.1) is 19.2 Å². The second-order valence-electron chi connectivity index (χ2n) is 18.0. The SMILES string of the molecule is CC(NC(=O)c1ccc(-c2cccc3cccc(-c4ccc(-c5cccc6cccc(-c7ccc(C(=O)N[C@H](C)C8CCCCC8)cc7)c56)c5c4=[N+]=S=[N+]=5)c23)cc1)C1CCCCC1. The van der Waals surface area contributed by atoms with E-state index in [2.05, 4.69) is 134 Å². The predicted molar refractivity (Wildman–Crippen MR) is 259 cm³/mol. The van der Waals surface area contributed by atoms with E-state index in [0.717, 1.165) is 76.8 Å². The van der Waals surface area contributed by atoms with Gasteiger partial charge in [0.15, 0.2) is 0 Å². The van der Waals surface area contributed by atoms with E-state index in [-0.39, 0.29) is 23.9 Å². The van der Waals surface area contributed by atoms with Gasteiger partial charge < -0.3 is 10.6 Å². The molecule has 1 heterocycles. The number of amides is 2. The molecule has 7 aromatic carbocycles.